The normalized spacial score (nSPS) is 14.0. The molecule has 6 heteroatoms. The average molecular weight is 362 g/mol. The van der Waals surface area contributed by atoms with Crippen LogP contribution in [0.25, 0.3) is 0 Å². The third kappa shape index (κ3) is 7.25. The van der Waals surface area contributed by atoms with Crippen molar-refractivity contribution in [2.24, 2.45) is 0 Å². The van der Waals surface area contributed by atoms with E-state index < -0.39 is 10.0 Å². The number of benzene rings is 2. The van der Waals surface area contributed by atoms with E-state index in [-0.39, 0.29) is 12.1 Å². The lowest BCUT2D eigenvalue weighted by molar-refractivity contribution is 0.217. The highest BCUT2D eigenvalue weighted by Gasteiger charge is 2.10. The molecule has 2 rings (SSSR count). The summed E-state index contributed by atoms with van der Waals surface area (Å²) in [7, 11) is -3.21. The quantitative estimate of drug-likeness (QED) is 0.720. The zero-order valence-electron chi connectivity index (χ0n) is 14.9. The molecule has 2 atom stereocenters. The summed E-state index contributed by atoms with van der Waals surface area (Å²) in [4.78, 5) is 0. The molecule has 0 fully saturated rings. The Morgan fingerprint density at radius 2 is 1.64 bits per heavy atom. The minimum absolute atomic E-state index is 0.0701. The zero-order chi connectivity index (χ0) is 18.3. The van der Waals surface area contributed by atoms with Crippen LogP contribution in [0.1, 0.15) is 31.0 Å². The lowest BCUT2D eigenvalue weighted by Crippen LogP contribution is -2.28. The molecule has 0 aliphatic heterocycles. The van der Waals surface area contributed by atoms with Crippen LogP contribution in [0.4, 0.5) is 0 Å². The standard InChI is InChI=1S/C19H26N2O3S/c1-15(24-19-7-5-4-6-8-19)13-20-14-17-9-11-18(12-10-17)16(2)21-25(3,22)23/h4-12,15-16,20-21H,13-14H2,1-3H3/t15?,16-/m1/s1. The molecule has 0 bridgehead atoms. The van der Waals surface area contributed by atoms with Crippen LogP contribution in [-0.2, 0) is 16.6 Å². The van der Waals surface area contributed by atoms with Crippen molar-refractivity contribution in [3.8, 4) is 5.75 Å². The third-order valence-electron chi connectivity index (χ3n) is 3.71. The van der Waals surface area contributed by atoms with E-state index in [4.69, 9.17) is 4.74 Å². The molecule has 136 valence electrons. The van der Waals surface area contributed by atoms with Gasteiger partial charge in [-0.05, 0) is 37.1 Å². The van der Waals surface area contributed by atoms with E-state index in [1.807, 2.05) is 68.4 Å². The first-order chi connectivity index (χ1) is 11.8. The summed E-state index contributed by atoms with van der Waals surface area (Å²) >= 11 is 0. The summed E-state index contributed by atoms with van der Waals surface area (Å²) in [6, 6.07) is 17.4. The van der Waals surface area contributed by atoms with Crippen molar-refractivity contribution in [3.05, 3.63) is 65.7 Å². The van der Waals surface area contributed by atoms with Crippen molar-refractivity contribution in [2.45, 2.75) is 32.5 Å². The second-order valence-electron chi connectivity index (χ2n) is 6.23. The molecule has 2 aromatic carbocycles. The molecule has 1 unspecified atom stereocenters. The van der Waals surface area contributed by atoms with E-state index in [0.717, 1.165) is 30.0 Å². The Hall–Kier alpha value is -1.89. The molecule has 0 aromatic heterocycles. The lowest BCUT2D eigenvalue weighted by atomic mass is 10.1. The first-order valence-electron chi connectivity index (χ1n) is 8.32. The Balaban J connectivity index is 1.77. The summed E-state index contributed by atoms with van der Waals surface area (Å²) in [5.74, 6) is 0.869. The minimum Gasteiger partial charge on any atom is -0.489 e. The predicted molar refractivity (Wildman–Crippen MR) is 101 cm³/mol. The molecule has 25 heavy (non-hydrogen) atoms. The van der Waals surface area contributed by atoms with Gasteiger partial charge in [0.15, 0.2) is 0 Å². The number of rotatable bonds is 9. The maximum absolute atomic E-state index is 11.3. The molecule has 0 saturated heterocycles. The van der Waals surface area contributed by atoms with Gasteiger partial charge in [-0.2, -0.15) is 0 Å². The van der Waals surface area contributed by atoms with Crippen molar-refractivity contribution in [1.29, 1.82) is 0 Å². The summed E-state index contributed by atoms with van der Waals surface area (Å²) in [5.41, 5.74) is 2.08. The van der Waals surface area contributed by atoms with E-state index in [9.17, 15) is 8.42 Å². The average Bonchev–Trinajstić information content (AvgIpc) is 2.55. The SMILES string of the molecule is CC(CNCc1ccc([C@@H](C)NS(C)(=O)=O)cc1)Oc1ccccc1. The maximum Gasteiger partial charge on any atom is 0.209 e. The molecule has 0 aliphatic rings. The fourth-order valence-electron chi connectivity index (χ4n) is 2.51. The summed E-state index contributed by atoms with van der Waals surface area (Å²) in [5, 5.41) is 3.37. The second-order valence-corrected chi connectivity index (χ2v) is 8.01. The van der Waals surface area contributed by atoms with Crippen molar-refractivity contribution in [1.82, 2.24) is 10.0 Å². The smallest absolute Gasteiger partial charge is 0.209 e. The summed E-state index contributed by atoms with van der Waals surface area (Å²) in [6.45, 7) is 5.33. The van der Waals surface area contributed by atoms with Gasteiger partial charge in [0.25, 0.3) is 0 Å². The van der Waals surface area contributed by atoms with Gasteiger partial charge in [0.05, 0.1) is 6.26 Å². The topological polar surface area (TPSA) is 67.4 Å². The number of para-hydroxylation sites is 1. The van der Waals surface area contributed by atoms with Gasteiger partial charge in [-0.1, -0.05) is 42.5 Å². The molecule has 2 N–H and O–H groups in total. The monoisotopic (exact) mass is 362 g/mol. The van der Waals surface area contributed by atoms with Crippen LogP contribution in [0, 0.1) is 0 Å². The van der Waals surface area contributed by atoms with Gasteiger partial charge >= 0.3 is 0 Å². The molecule has 5 nitrogen and oxygen atoms in total. The van der Waals surface area contributed by atoms with E-state index in [0.29, 0.717) is 0 Å². The van der Waals surface area contributed by atoms with Crippen LogP contribution in [-0.4, -0.2) is 27.3 Å². The van der Waals surface area contributed by atoms with E-state index in [2.05, 4.69) is 10.0 Å². The molecule has 0 spiro atoms. The van der Waals surface area contributed by atoms with Crippen LogP contribution < -0.4 is 14.8 Å². The van der Waals surface area contributed by atoms with Crippen LogP contribution in [0.15, 0.2) is 54.6 Å². The van der Waals surface area contributed by atoms with Crippen molar-refractivity contribution in [2.75, 3.05) is 12.8 Å². The second kappa shape index (κ2) is 8.99. The number of hydrogen-bond acceptors (Lipinski definition) is 4. The highest BCUT2D eigenvalue weighted by molar-refractivity contribution is 7.88. The van der Waals surface area contributed by atoms with Crippen LogP contribution >= 0.6 is 0 Å². The van der Waals surface area contributed by atoms with E-state index >= 15 is 0 Å². The molecular formula is C19H26N2O3S. The maximum atomic E-state index is 11.3. The molecule has 2 aromatic rings. The number of nitrogens with one attached hydrogen (secondary N) is 2. The number of ether oxygens (including phenoxy) is 1. The van der Waals surface area contributed by atoms with Crippen molar-refractivity contribution < 1.29 is 13.2 Å². The van der Waals surface area contributed by atoms with Crippen LogP contribution in [0.2, 0.25) is 0 Å². The Kier molecular flexibility index (Phi) is 6.99. The van der Waals surface area contributed by atoms with Crippen molar-refractivity contribution in [3.63, 3.8) is 0 Å². The predicted octanol–water partition coefficient (Wildman–Crippen LogP) is 2.85. The Labute approximate surface area is 150 Å². The van der Waals surface area contributed by atoms with E-state index in [1.54, 1.807) is 0 Å². The zero-order valence-corrected chi connectivity index (χ0v) is 15.7. The fraction of sp³-hybridized carbons (Fsp3) is 0.368. The number of hydrogen-bond donors (Lipinski definition) is 2. The Morgan fingerprint density at radius 3 is 2.24 bits per heavy atom. The summed E-state index contributed by atoms with van der Waals surface area (Å²) < 4.78 is 31.0. The highest BCUT2D eigenvalue weighted by Crippen LogP contribution is 2.14. The van der Waals surface area contributed by atoms with Gasteiger partial charge in [-0.25, -0.2) is 13.1 Å². The lowest BCUT2D eigenvalue weighted by Gasteiger charge is -2.16. The Bertz CT molecular complexity index is 746. The fourth-order valence-corrected chi connectivity index (χ4v) is 3.28. The molecular weight excluding hydrogens is 336 g/mol. The Morgan fingerprint density at radius 1 is 1.00 bits per heavy atom. The minimum atomic E-state index is -3.21. The van der Waals surface area contributed by atoms with Gasteiger partial charge in [-0.15, -0.1) is 0 Å². The molecule has 0 aliphatic carbocycles. The number of sulfonamides is 1. The molecule has 0 radical (unpaired) electrons. The van der Waals surface area contributed by atoms with Crippen LogP contribution in [0.5, 0.6) is 5.75 Å². The van der Waals surface area contributed by atoms with Gasteiger partial charge < -0.3 is 10.1 Å². The van der Waals surface area contributed by atoms with Gasteiger partial charge in [-0.3, -0.25) is 0 Å². The van der Waals surface area contributed by atoms with Crippen LogP contribution in [0.3, 0.4) is 0 Å². The van der Waals surface area contributed by atoms with Gasteiger partial charge in [0.1, 0.15) is 11.9 Å². The summed E-state index contributed by atoms with van der Waals surface area (Å²) in [6.07, 6.45) is 1.24. The molecule has 0 amide bonds. The van der Waals surface area contributed by atoms with E-state index in [1.165, 1.54) is 6.26 Å². The first kappa shape index (κ1) is 19.4. The van der Waals surface area contributed by atoms with Gasteiger partial charge in [0, 0.05) is 19.1 Å². The van der Waals surface area contributed by atoms with Gasteiger partial charge in [0.2, 0.25) is 10.0 Å². The highest BCUT2D eigenvalue weighted by atomic mass is 32.2. The molecule has 0 saturated carbocycles. The largest absolute Gasteiger partial charge is 0.489 e. The van der Waals surface area contributed by atoms with Crippen molar-refractivity contribution >= 4 is 10.0 Å². The third-order valence-corrected chi connectivity index (χ3v) is 4.49. The molecule has 0 heterocycles. The first-order valence-corrected chi connectivity index (χ1v) is 10.2.